The molecule has 0 bridgehead atoms. The lowest BCUT2D eigenvalue weighted by atomic mass is 9.96. The van der Waals surface area contributed by atoms with E-state index in [9.17, 15) is 9.59 Å². The summed E-state index contributed by atoms with van der Waals surface area (Å²) < 4.78 is 21.1. The number of hydrogen-bond donors (Lipinski definition) is 0. The molecule has 222 valence electrons. The minimum absolute atomic E-state index is 0.214. The molecule has 4 aromatic rings. The van der Waals surface area contributed by atoms with E-state index in [1.807, 2.05) is 73.7 Å². The number of thiazole rings is 1. The molecule has 0 N–H and O–H groups in total. The van der Waals surface area contributed by atoms with Crippen LogP contribution in [0, 0.1) is 7.14 Å². The molecular formula is C32H27ClI2N2O5S. The number of benzene rings is 3. The van der Waals surface area contributed by atoms with E-state index in [1.54, 1.807) is 18.4 Å². The van der Waals surface area contributed by atoms with E-state index in [4.69, 9.17) is 25.8 Å². The van der Waals surface area contributed by atoms with Crippen LogP contribution in [0.5, 0.6) is 11.5 Å². The fourth-order valence-electron chi connectivity index (χ4n) is 4.75. The van der Waals surface area contributed by atoms with E-state index in [-0.39, 0.29) is 12.2 Å². The molecule has 0 aliphatic carbocycles. The minimum Gasteiger partial charge on any atom is -0.494 e. The SMILES string of the molecule is CCOC(=O)C1=C(C)N=c2s/c(=C\c3cc(I)c(OCc4cccc(Cl)c4)c(I)c3)c(=O)n2[C@H]1c1ccc(OCC)cc1. The summed E-state index contributed by atoms with van der Waals surface area (Å²) in [6.07, 6.45) is 1.85. The summed E-state index contributed by atoms with van der Waals surface area (Å²) in [4.78, 5) is 32.3. The third-order valence-electron chi connectivity index (χ3n) is 6.61. The number of carbonyl (C=O) groups is 1. The van der Waals surface area contributed by atoms with Gasteiger partial charge in [0.25, 0.3) is 5.56 Å². The van der Waals surface area contributed by atoms with E-state index >= 15 is 0 Å². The standard InChI is InChI=1S/C32H27ClI2N2O5S/c1-4-40-23-11-9-21(10-12-23)28-27(31(39)41-5-2)18(3)36-32-37(28)30(38)26(43-32)16-20-14-24(34)29(25(35)15-20)42-17-19-7-6-8-22(33)13-19/h6-16,28H,4-5,17H2,1-3H3/b26-16-/t28-/m0/s1. The Bertz CT molecular complexity index is 1880. The molecule has 2 heterocycles. The van der Waals surface area contributed by atoms with Gasteiger partial charge in [-0.1, -0.05) is 47.2 Å². The minimum atomic E-state index is -0.685. The number of aromatic nitrogens is 1. The Morgan fingerprint density at radius 2 is 1.77 bits per heavy atom. The molecule has 1 atom stereocenters. The zero-order valence-corrected chi connectivity index (χ0v) is 29.4. The number of fused-ring (bicyclic) bond motifs is 1. The molecule has 0 amide bonds. The average molecular weight is 841 g/mol. The second kappa shape index (κ2) is 14.0. The van der Waals surface area contributed by atoms with Crippen LogP contribution >= 0.6 is 68.1 Å². The molecular weight excluding hydrogens is 814 g/mol. The average Bonchev–Trinajstić information content (AvgIpc) is 3.26. The number of carbonyl (C=O) groups excluding carboxylic acids is 1. The van der Waals surface area contributed by atoms with E-state index < -0.39 is 12.0 Å². The number of hydrogen-bond acceptors (Lipinski definition) is 7. The quantitative estimate of drug-likeness (QED) is 0.140. The van der Waals surface area contributed by atoms with Gasteiger partial charge in [0, 0.05) is 5.02 Å². The van der Waals surface area contributed by atoms with Gasteiger partial charge in [-0.25, -0.2) is 9.79 Å². The van der Waals surface area contributed by atoms with Crippen LogP contribution < -0.4 is 24.4 Å². The highest BCUT2D eigenvalue weighted by Crippen LogP contribution is 2.32. The molecule has 43 heavy (non-hydrogen) atoms. The van der Waals surface area contributed by atoms with Gasteiger partial charge in [-0.2, -0.15) is 0 Å². The van der Waals surface area contributed by atoms with Crippen molar-refractivity contribution in [1.82, 2.24) is 4.57 Å². The molecule has 0 fully saturated rings. The van der Waals surface area contributed by atoms with Crippen molar-refractivity contribution >= 4 is 80.2 Å². The van der Waals surface area contributed by atoms with Gasteiger partial charge in [0.05, 0.1) is 42.2 Å². The van der Waals surface area contributed by atoms with Crippen molar-refractivity contribution in [2.75, 3.05) is 13.2 Å². The molecule has 7 nitrogen and oxygen atoms in total. The van der Waals surface area contributed by atoms with Crippen molar-refractivity contribution in [3.05, 3.63) is 120 Å². The van der Waals surface area contributed by atoms with Crippen molar-refractivity contribution in [2.45, 2.75) is 33.4 Å². The van der Waals surface area contributed by atoms with Crippen molar-refractivity contribution in [1.29, 1.82) is 0 Å². The first-order valence-corrected chi connectivity index (χ1v) is 16.8. The van der Waals surface area contributed by atoms with E-state index in [0.29, 0.717) is 44.6 Å². The normalized spacial score (nSPS) is 14.7. The van der Waals surface area contributed by atoms with Gasteiger partial charge in [0.15, 0.2) is 4.80 Å². The number of nitrogens with zero attached hydrogens (tertiary/aromatic N) is 2. The number of esters is 1. The molecule has 1 aromatic heterocycles. The van der Waals surface area contributed by atoms with Crippen molar-refractivity contribution in [3.63, 3.8) is 0 Å². The summed E-state index contributed by atoms with van der Waals surface area (Å²) in [5.41, 5.74) is 3.23. The Hall–Kier alpha value is -2.68. The van der Waals surface area contributed by atoms with E-state index in [0.717, 1.165) is 29.6 Å². The molecule has 1 aliphatic rings. The zero-order valence-electron chi connectivity index (χ0n) is 23.5. The third-order valence-corrected chi connectivity index (χ3v) is 9.44. The lowest BCUT2D eigenvalue weighted by Crippen LogP contribution is -2.39. The van der Waals surface area contributed by atoms with Crippen LogP contribution in [0.2, 0.25) is 5.02 Å². The van der Waals surface area contributed by atoms with Crippen molar-refractivity contribution < 1.29 is 19.0 Å². The topological polar surface area (TPSA) is 79.1 Å². The monoisotopic (exact) mass is 840 g/mol. The first-order chi connectivity index (χ1) is 20.7. The second-order valence-corrected chi connectivity index (χ2v) is 13.3. The highest BCUT2D eigenvalue weighted by molar-refractivity contribution is 14.1. The highest BCUT2D eigenvalue weighted by Gasteiger charge is 2.33. The smallest absolute Gasteiger partial charge is 0.338 e. The summed E-state index contributed by atoms with van der Waals surface area (Å²) in [5, 5.41) is 0.664. The Balaban J connectivity index is 1.54. The maximum Gasteiger partial charge on any atom is 0.338 e. The fourth-order valence-corrected chi connectivity index (χ4v) is 8.14. The predicted molar refractivity (Wildman–Crippen MR) is 186 cm³/mol. The predicted octanol–water partition coefficient (Wildman–Crippen LogP) is 6.64. The first-order valence-electron chi connectivity index (χ1n) is 13.5. The van der Waals surface area contributed by atoms with Gasteiger partial charge in [-0.05, 0) is 125 Å². The molecule has 5 rings (SSSR count). The van der Waals surface area contributed by atoms with Gasteiger partial charge in [-0.15, -0.1) is 0 Å². The molecule has 0 radical (unpaired) electrons. The molecule has 0 unspecified atom stereocenters. The molecule has 11 heteroatoms. The van der Waals surface area contributed by atoms with Gasteiger partial charge in [-0.3, -0.25) is 9.36 Å². The van der Waals surface area contributed by atoms with Gasteiger partial charge in [0.1, 0.15) is 18.1 Å². The summed E-state index contributed by atoms with van der Waals surface area (Å²) >= 11 is 11.9. The van der Waals surface area contributed by atoms with Crippen LogP contribution in [-0.2, 0) is 16.1 Å². The van der Waals surface area contributed by atoms with Crippen LogP contribution in [0.1, 0.15) is 43.5 Å². The van der Waals surface area contributed by atoms with Crippen molar-refractivity contribution in [3.8, 4) is 11.5 Å². The van der Waals surface area contributed by atoms with Crippen LogP contribution in [0.25, 0.3) is 6.08 Å². The Kier molecular flexibility index (Phi) is 10.3. The largest absolute Gasteiger partial charge is 0.494 e. The molecule has 0 saturated carbocycles. The van der Waals surface area contributed by atoms with Crippen LogP contribution in [0.3, 0.4) is 0 Å². The highest BCUT2D eigenvalue weighted by atomic mass is 127. The van der Waals surface area contributed by atoms with E-state index in [1.165, 1.54) is 11.3 Å². The molecule has 0 spiro atoms. The Morgan fingerprint density at radius 3 is 2.42 bits per heavy atom. The summed E-state index contributed by atoms with van der Waals surface area (Å²) in [7, 11) is 0. The summed E-state index contributed by atoms with van der Waals surface area (Å²) in [6, 6.07) is 18.3. The Morgan fingerprint density at radius 1 is 1.05 bits per heavy atom. The Labute approximate surface area is 285 Å². The number of rotatable bonds is 9. The van der Waals surface area contributed by atoms with E-state index in [2.05, 4.69) is 50.2 Å². The molecule has 0 saturated heterocycles. The fraction of sp³-hybridized carbons (Fsp3) is 0.219. The number of ether oxygens (including phenoxy) is 3. The summed E-state index contributed by atoms with van der Waals surface area (Å²) in [5.74, 6) is 0.987. The van der Waals surface area contributed by atoms with Gasteiger partial charge in [0.2, 0.25) is 0 Å². The lowest BCUT2D eigenvalue weighted by Gasteiger charge is -2.24. The lowest BCUT2D eigenvalue weighted by molar-refractivity contribution is -0.139. The molecule has 1 aliphatic heterocycles. The van der Waals surface area contributed by atoms with Gasteiger partial charge < -0.3 is 14.2 Å². The second-order valence-electron chi connectivity index (χ2n) is 9.54. The number of allylic oxidation sites excluding steroid dienone is 1. The first kappa shape index (κ1) is 31.7. The van der Waals surface area contributed by atoms with Crippen LogP contribution in [0.15, 0.2) is 81.7 Å². The summed E-state index contributed by atoms with van der Waals surface area (Å²) in [6.45, 7) is 6.59. The van der Waals surface area contributed by atoms with Crippen molar-refractivity contribution in [2.24, 2.45) is 4.99 Å². The zero-order chi connectivity index (χ0) is 30.7. The van der Waals surface area contributed by atoms with Crippen LogP contribution in [0.4, 0.5) is 0 Å². The maximum atomic E-state index is 14.0. The number of halogens is 3. The maximum absolute atomic E-state index is 14.0. The third kappa shape index (κ3) is 7.02. The van der Waals surface area contributed by atoms with Gasteiger partial charge >= 0.3 is 5.97 Å². The van der Waals surface area contributed by atoms with Crippen LogP contribution in [-0.4, -0.2) is 23.8 Å². The molecule has 3 aromatic carbocycles.